The fourth-order valence-electron chi connectivity index (χ4n) is 3.44. The number of nitrogens with zero attached hydrogens (tertiary/aromatic N) is 2. The van der Waals surface area contributed by atoms with Crippen molar-refractivity contribution in [2.24, 2.45) is 0 Å². The predicted molar refractivity (Wildman–Crippen MR) is 107 cm³/mol. The first-order valence-electron chi connectivity index (χ1n) is 8.67. The molecule has 1 aromatic heterocycles. The summed E-state index contributed by atoms with van der Waals surface area (Å²) in [7, 11) is 0. The number of para-hydroxylation sites is 2. The number of fused-ring (bicyclic) bond motifs is 4. The Morgan fingerprint density at radius 3 is 2.74 bits per heavy atom. The Morgan fingerprint density at radius 2 is 1.81 bits per heavy atom. The van der Waals surface area contributed by atoms with Crippen LogP contribution in [0.2, 0.25) is 0 Å². The van der Waals surface area contributed by atoms with E-state index in [2.05, 4.69) is 10.3 Å². The van der Waals surface area contributed by atoms with Gasteiger partial charge in [0.15, 0.2) is 5.16 Å². The third kappa shape index (κ3) is 2.69. The van der Waals surface area contributed by atoms with Crippen molar-refractivity contribution in [3.8, 4) is 0 Å². The minimum absolute atomic E-state index is 0.101. The number of aromatic nitrogens is 2. The minimum Gasteiger partial charge on any atom is -0.325 e. The highest BCUT2D eigenvalue weighted by atomic mass is 32.2. The van der Waals surface area contributed by atoms with Crippen LogP contribution < -0.4 is 5.32 Å². The van der Waals surface area contributed by atoms with Crippen molar-refractivity contribution >= 4 is 51.1 Å². The fraction of sp³-hybridized carbons (Fsp3) is 0.0952. The number of hydrogen-bond donors (Lipinski definition) is 1. The highest BCUT2D eigenvalue weighted by molar-refractivity contribution is 8.00. The third-order valence-corrected chi connectivity index (χ3v) is 5.88. The molecule has 0 saturated heterocycles. The second kappa shape index (κ2) is 6.25. The van der Waals surface area contributed by atoms with Gasteiger partial charge in [0.05, 0.1) is 11.0 Å². The Labute approximate surface area is 159 Å². The van der Waals surface area contributed by atoms with Gasteiger partial charge in [-0.3, -0.25) is 14.2 Å². The van der Waals surface area contributed by atoms with Crippen LogP contribution in [0, 0.1) is 0 Å². The zero-order valence-electron chi connectivity index (χ0n) is 14.3. The molecule has 0 fully saturated rings. The molecule has 0 saturated carbocycles. The van der Waals surface area contributed by atoms with E-state index >= 15 is 0 Å². The molecule has 0 bridgehead atoms. The number of hydrogen-bond acceptors (Lipinski definition) is 4. The molecule has 5 nitrogen and oxygen atoms in total. The van der Waals surface area contributed by atoms with Gasteiger partial charge in [0.25, 0.3) is 0 Å². The molecule has 1 atom stereocenters. The first-order chi connectivity index (χ1) is 13.2. The molecule has 1 aliphatic rings. The molecular formula is C21H15N3O2S. The van der Waals surface area contributed by atoms with Gasteiger partial charge in [-0.25, -0.2) is 4.98 Å². The fourth-order valence-corrected chi connectivity index (χ4v) is 4.54. The Bertz CT molecular complexity index is 1210. The highest BCUT2D eigenvalue weighted by Gasteiger charge is 2.33. The molecule has 3 aromatic carbocycles. The Balaban J connectivity index is 1.45. The predicted octanol–water partition coefficient (Wildman–Crippen LogP) is 4.33. The average Bonchev–Trinajstić information content (AvgIpc) is 3.07. The molecule has 27 heavy (non-hydrogen) atoms. The molecule has 0 spiro atoms. The molecular weight excluding hydrogens is 358 g/mol. The van der Waals surface area contributed by atoms with Crippen molar-refractivity contribution in [3.05, 3.63) is 66.7 Å². The maximum absolute atomic E-state index is 12.9. The number of amides is 1. The quantitative estimate of drug-likeness (QED) is 0.568. The second-order valence-corrected chi connectivity index (χ2v) is 7.61. The topological polar surface area (TPSA) is 64.0 Å². The van der Waals surface area contributed by atoms with Crippen LogP contribution in [0.5, 0.6) is 0 Å². The summed E-state index contributed by atoms with van der Waals surface area (Å²) in [6.07, 6.45) is 0.147. The molecule has 4 aromatic rings. The van der Waals surface area contributed by atoms with E-state index in [9.17, 15) is 9.59 Å². The molecule has 2 heterocycles. The molecule has 132 valence electrons. The first kappa shape index (κ1) is 16.1. The van der Waals surface area contributed by atoms with Gasteiger partial charge >= 0.3 is 0 Å². The lowest BCUT2D eigenvalue weighted by atomic mass is 10.1. The number of carbonyl (C=O) groups excluding carboxylic acids is 2. The normalized spacial score (nSPS) is 16.4. The summed E-state index contributed by atoms with van der Waals surface area (Å²) < 4.78 is 1.61. The van der Waals surface area contributed by atoms with E-state index in [0.717, 1.165) is 27.5 Å². The lowest BCUT2D eigenvalue weighted by Gasteiger charge is -2.21. The maximum Gasteiger partial charge on any atom is 0.238 e. The van der Waals surface area contributed by atoms with Crippen LogP contribution in [0.15, 0.2) is 71.9 Å². The number of thioether (sulfide) groups is 1. The van der Waals surface area contributed by atoms with Crippen LogP contribution in [0.25, 0.3) is 21.8 Å². The number of carbonyl (C=O) groups is 2. The van der Waals surface area contributed by atoms with Gasteiger partial charge in [-0.2, -0.15) is 0 Å². The van der Waals surface area contributed by atoms with Crippen LogP contribution in [0.4, 0.5) is 5.69 Å². The number of benzene rings is 3. The van der Waals surface area contributed by atoms with Crippen molar-refractivity contribution in [3.63, 3.8) is 0 Å². The van der Waals surface area contributed by atoms with Crippen molar-refractivity contribution in [2.45, 2.75) is 16.8 Å². The molecule has 0 radical (unpaired) electrons. The molecule has 0 aliphatic carbocycles. The average molecular weight is 373 g/mol. The molecule has 1 amide bonds. The first-order valence-corrected chi connectivity index (χ1v) is 9.54. The lowest BCUT2D eigenvalue weighted by Crippen LogP contribution is -2.33. The number of rotatable bonds is 2. The lowest BCUT2D eigenvalue weighted by molar-refractivity contribution is -0.115. The maximum atomic E-state index is 12.9. The molecule has 1 unspecified atom stereocenters. The van der Waals surface area contributed by atoms with Crippen LogP contribution in [-0.2, 0) is 4.79 Å². The van der Waals surface area contributed by atoms with E-state index in [0.29, 0.717) is 5.16 Å². The standard InChI is InChI=1S/C21H15N3O2S/c25-19-12-18(27-21-23-16-9-3-4-11-17(16)24(19)21)20(26)22-15-10-5-7-13-6-1-2-8-14(13)15/h1-11,18H,12H2,(H,22,26). The zero-order chi connectivity index (χ0) is 18.4. The van der Waals surface area contributed by atoms with Crippen molar-refractivity contribution in [2.75, 3.05) is 5.32 Å². The monoisotopic (exact) mass is 373 g/mol. The summed E-state index contributed by atoms with van der Waals surface area (Å²) in [6.45, 7) is 0. The van der Waals surface area contributed by atoms with Gasteiger partial charge in [-0.1, -0.05) is 60.3 Å². The van der Waals surface area contributed by atoms with Crippen LogP contribution in [0.3, 0.4) is 0 Å². The Hall–Kier alpha value is -3.12. The van der Waals surface area contributed by atoms with Gasteiger partial charge in [0.2, 0.25) is 11.8 Å². The molecule has 5 rings (SSSR count). The summed E-state index contributed by atoms with van der Waals surface area (Å²) in [5.41, 5.74) is 2.31. The third-order valence-electron chi connectivity index (χ3n) is 4.73. The smallest absolute Gasteiger partial charge is 0.238 e. The van der Waals surface area contributed by atoms with Gasteiger partial charge in [-0.05, 0) is 23.6 Å². The van der Waals surface area contributed by atoms with E-state index < -0.39 is 5.25 Å². The minimum atomic E-state index is -0.499. The second-order valence-electron chi connectivity index (χ2n) is 6.44. The number of anilines is 1. The van der Waals surface area contributed by atoms with E-state index in [1.54, 1.807) is 4.57 Å². The van der Waals surface area contributed by atoms with Gasteiger partial charge < -0.3 is 5.32 Å². The van der Waals surface area contributed by atoms with Crippen molar-refractivity contribution in [1.82, 2.24) is 9.55 Å². The van der Waals surface area contributed by atoms with Crippen LogP contribution >= 0.6 is 11.8 Å². The number of imidazole rings is 1. The van der Waals surface area contributed by atoms with E-state index in [1.807, 2.05) is 66.7 Å². The van der Waals surface area contributed by atoms with Gasteiger partial charge in [-0.15, -0.1) is 0 Å². The Kier molecular flexibility index (Phi) is 3.72. The Morgan fingerprint density at radius 1 is 1.04 bits per heavy atom. The SMILES string of the molecule is O=C(Nc1cccc2ccccc12)C1CC(=O)n2c(nc3ccccc32)S1. The zero-order valence-corrected chi connectivity index (χ0v) is 15.1. The summed E-state index contributed by atoms with van der Waals surface area (Å²) in [4.78, 5) is 30.0. The van der Waals surface area contributed by atoms with Gasteiger partial charge in [0, 0.05) is 17.5 Å². The summed E-state index contributed by atoms with van der Waals surface area (Å²) in [5.74, 6) is -0.279. The molecule has 1 N–H and O–H groups in total. The van der Waals surface area contributed by atoms with Crippen LogP contribution in [-0.4, -0.2) is 26.6 Å². The molecule has 1 aliphatic heterocycles. The van der Waals surface area contributed by atoms with Crippen molar-refractivity contribution < 1.29 is 9.59 Å². The van der Waals surface area contributed by atoms with E-state index in [4.69, 9.17) is 0 Å². The summed E-state index contributed by atoms with van der Waals surface area (Å²) >= 11 is 1.34. The van der Waals surface area contributed by atoms with Crippen LogP contribution in [0.1, 0.15) is 11.2 Å². The van der Waals surface area contributed by atoms with Crippen molar-refractivity contribution in [1.29, 1.82) is 0 Å². The van der Waals surface area contributed by atoms with E-state index in [-0.39, 0.29) is 18.2 Å². The highest BCUT2D eigenvalue weighted by Crippen LogP contribution is 2.34. The van der Waals surface area contributed by atoms with Gasteiger partial charge in [0.1, 0.15) is 5.25 Å². The van der Waals surface area contributed by atoms with E-state index in [1.165, 1.54) is 11.8 Å². The summed E-state index contributed by atoms with van der Waals surface area (Å²) in [5, 5.41) is 5.11. The number of nitrogens with one attached hydrogen (secondary N) is 1. The molecule has 6 heteroatoms. The largest absolute Gasteiger partial charge is 0.325 e. The summed E-state index contributed by atoms with van der Waals surface area (Å²) in [6, 6.07) is 21.2.